The van der Waals surface area contributed by atoms with Crippen molar-refractivity contribution in [2.24, 2.45) is 0 Å². The van der Waals surface area contributed by atoms with Crippen LogP contribution in [0.5, 0.6) is 5.88 Å². The molecule has 0 amide bonds. The molecule has 0 saturated heterocycles. The fourth-order valence-corrected chi connectivity index (χ4v) is 1.37. The molecule has 0 aliphatic heterocycles. The SMILES string of the molecule is CCOc1nc(NCc2ncc[nH]2)ccc1N. The summed E-state index contributed by atoms with van der Waals surface area (Å²) in [6.07, 6.45) is 3.48. The molecule has 0 bridgehead atoms. The van der Waals surface area contributed by atoms with Gasteiger partial charge in [0.1, 0.15) is 11.6 Å². The highest BCUT2D eigenvalue weighted by Crippen LogP contribution is 2.20. The van der Waals surface area contributed by atoms with Crippen LogP contribution in [0.2, 0.25) is 0 Å². The summed E-state index contributed by atoms with van der Waals surface area (Å²) in [4.78, 5) is 11.4. The van der Waals surface area contributed by atoms with Crippen LogP contribution in [0.25, 0.3) is 0 Å². The maximum Gasteiger partial charge on any atom is 0.239 e. The largest absolute Gasteiger partial charge is 0.476 e. The third-order valence-corrected chi connectivity index (χ3v) is 2.16. The molecule has 90 valence electrons. The molecule has 2 heterocycles. The Morgan fingerprint density at radius 3 is 3.06 bits per heavy atom. The molecule has 0 unspecified atom stereocenters. The van der Waals surface area contributed by atoms with Crippen molar-refractivity contribution in [3.05, 3.63) is 30.4 Å². The number of anilines is 2. The van der Waals surface area contributed by atoms with Crippen molar-refractivity contribution < 1.29 is 4.74 Å². The number of aromatic nitrogens is 3. The fourth-order valence-electron chi connectivity index (χ4n) is 1.37. The molecule has 0 atom stereocenters. The number of aromatic amines is 1. The molecular weight excluding hydrogens is 218 g/mol. The van der Waals surface area contributed by atoms with Crippen LogP contribution in [0.15, 0.2) is 24.5 Å². The Morgan fingerprint density at radius 1 is 1.47 bits per heavy atom. The minimum Gasteiger partial charge on any atom is -0.476 e. The van der Waals surface area contributed by atoms with E-state index in [0.717, 1.165) is 5.82 Å². The van der Waals surface area contributed by atoms with Crippen molar-refractivity contribution in [3.8, 4) is 5.88 Å². The first kappa shape index (κ1) is 11.3. The van der Waals surface area contributed by atoms with E-state index in [9.17, 15) is 0 Å². The molecule has 0 saturated carbocycles. The van der Waals surface area contributed by atoms with Crippen molar-refractivity contribution in [1.29, 1.82) is 0 Å². The predicted octanol–water partition coefficient (Wildman–Crippen LogP) is 1.40. The highest BCUT2D eigenvalue weighted by atomic mass is 16.5. The second-order valence-corrected chi connectivity index (χ2v) is 3.41. The molecule has 0 fully saturated rings. The Labute approximate surface area is 99.2 Å². The van der Waals surface area contributed by atoms with Gasteiger partial charge in [-0.25, -0.2) is 4.98 Å². The van der Waals surface area contributed by atoms with Gasteiger partial charge in [0.2, 0.25) is 5.88 Å². The van der Waals surface area contributed by atoms with Crippen molar-refractivity contribution in [2.45, 2.75) is 13.5 Å². The highest BCUT2D eigenvalue weighted by molar-refractivity contribution is 5.53. The van der Waals surface area contributed by atoms with Gasteiger partial charge < -0.3 is 20.8 Å². The Balaban J connectivity index is 2.03. The molecule has 0 spiro atoms. The van der Waals surface area contributed by atoms with Gasteiger partial charge in [-0.1, -0.05) is 0 Å². The zero-order chi connectivity index (χ0) is 12.1. The number of nitrogens with two attached hydrogens (primary N) is 1. The lowest BCUT2D eigenvalue weighted by Crippen LogP contribution is -2.05. The van der Waals surface area contributed by atoms with Gasteiger partial charge in [-0.3, -0.25) is 0 Å². The summed E-state index contributed by atoms with van der Waals surface area (Å²) in [5.74, 6) is 2.01. The molecule has 17 heavy (non-hydrogen) atoms. The first-order chi connectivity index (χ1) is 8.29. The summed E-state index contributed by atoms with van der Waals surface area (Å²) in [6, 6.07) is 3.57. The van der Waals surface area contributed by atoms with E-state index in [1.54, 1.807) is 24.5 Å². The summed E-state index contributed by atoms with van der Waals surface area (Å²) in [7, 11) is 0. The third-order valence-electron chi connectivity index (χ3n) is 2.16. The van der Waals surface area contributed by atoms with Crippen LogP contribution in [-0.4, -0.2) is 21.6 Å². The van der Waals surface area contributed by atoms with Crippen molar-refractivity contribution in [2.75, 3.05) is 17.7 Å². The average molecular weight is 233 g/mol. The van der Waals surface area contributed by atoms with Crippen LogP contribution in [0.1, 0.15) is 12.7 Å². The number of ether oxygens (including phenoxy) is 1. The first-order valence-electron chi connectivity index (χ1n) is 5.41. The van der Waals surface area contributed by atoms with E-state index in [1.807, 2.05) is 6.92 Å². The van der Waals surface area contributed by atoms with Crippen LogP contribution in [0.4, 0.5) is 11.5 Å². The number of hydrogen-bond acceptors (Lipinski definition) is 5. The zero-order valence-corrected chi connectivity index (χ0v) is 9.60. The molecule has 4 N–H and O–H groups in total. The van der Waals surface area contributed by atoms with E-state index in [0.29, 0.717) is 30.5 Å². The van der Waals surface area contributed by atoms with Crippen LogP contribution >= 0.6 is 0 Å². The minimum absolute atomic E-state index is 0.456. The fraction of sp³-hybridized carbons (Fsp3) is 0.273. The summed E-state index contributed by atoms with van der Waals surface area (Å²) in [6.45, 7) is 3.01. The lowest BCUT2D eigenvalue weighted by atomic mass is 10.4. The Bertz CT molecular complexity index is 469. The van der Waals surface area contributed by atoms with Gasteiger partial charge in [0.05, 0.1) is 18.8 Å². The predicted molar refractivity (Wildman–Crippen MR) is 65.7 cm³/mol. The van der Waals surface area contributed by atoms with E-state index in [4.69, 9.17) is 10.5 Å². The van der Waals surface area contributed by atoms with Crippen LogP contribution < -0.4 is 15.8 Å². The lowest BCUT2D eigenvalue weighted by molar-refractivity contribution is 0.329. The third kappa shape index (κ3) is 2.87. The van der Waals surface area contributed by atoms with Gasteiger partial charge in [-0.15, -0.1) is 0 Å². The zero-order valence-electron chi connectivity index (χ0n) is 9.60. The Hall–Kier alpha value is -2.24. The molecule has 2 rings (SSSR count). The molecule has 6 nitrogen and oxygen atoms in total. The van der Waals surface area contributed by atoms with Crippen LogP contribution in [-0.2, 0) is 6.54 Å². The van der Waals surface area contributed by atoms with E-state index < -0.39 is 0 Å². The van der Waals surface area contributed by atoms with Crippen molar-refractivity contribution in [3.63, 3.8) is 0 Å². The highest BCUT2D eigenvalue weighted by Gasteiger charge is 2.03. The Morgan fingerprint density at radius 2 is 2.35 bits per heavy atom. The molecule has 0 aliphatic rings. The quantitative estimate of drug-likeness (QED) is 0.726. The summed E-state index contributed by atoms with van der Waals surface area (Å²) in [5, 5.41) is 3.13. The molecule has 6 heteroatoms. The van der Waals surface area contributed by atoms with E-state index in [-0.39, 0.29) is 0 Å². The van der Waals surface area contributed by atoms with E-state index in [1.165, 1.54) is 0 Å². The monoisotopic (exact) mass is 233 g/mol. The van der Waals surface area contributed by atoms with Gasteiger partial charge in [-0.2, -0.15) is 4.98 Å². The molecule has 2 aromatic heterocycles. The number of nitrogens with zero attached hydrogens (tertiary/aromatic N) is 2. The van der Waals surface area contributed by atoms with E-state index >= 15 is 0 Å². The van der Waals surface area contributed by atoms with Crippen LogP contribution in [0.3, 0.4) is 0 Å². The topological polar surface area (TPSA) is 88.8 Å². The Kier molecular flexibility index (Phi) is 3.44. The van der Waals surface area contributed by atoms with Crippen molar-refractivity contribution >= 4 is 11.5 Å². The molecule has 0 radical (unpaired) electrons. The standard InChI is InChI=1S/C11H15N5O/c1-2-17-11-8(12)3-4-9(16-11)15-7-10-13-5-6-14-10/h3-6H,2,7,12H2,1H3,(H,13,14)(H,15,16). The van der Waals surface area contributed by atoms with Gasteiger partial charge in [0.25, 0.3) is 0 Å². The van der Waals surface area contributed by atoms with Gasteiger partial charge in [0, 0.05) is 12.4 Å². The van der Waals surface area contributed by atoms with Gasteiger partial charge in [0.15, 0.2) is 0 Å². The molecule has 0 aliphatic carbocycles. The maximum atomic E-state index is 5.73. The number of pyridine rings is 1. The number of nitrogens with one attached hydrogen (secondary N) is 2. The average Bonchev–Trinajstić information content (AvgIpc) is 2.83. The normalized spacial score (nSPS) is 10.2. The summed E-state index contributed by atoms with van der Waals surface area (Å²) < 4.78 is 5.31. The number of rotatable bonds is 5. The van der Waals surface area contributed by atoms with Gasteiger partial charge in [-0.05, 0) is 19.1 Å². The smallest absolute Gasteiger partial charge is 0.239 e. The first-order valence-corrected chi connectivity index (χ1v) is 5.41. The summed E-state index contributed by atoms with van der Waals surface area (Å²) in [5.41, 5.74) is 6.27. The van der Waals surface area contributed by atoms with Crippen molar-refractivity contribution in [1.82, 2.24) is 15.0 Å². The second-order valence-electron chi connectivity index (χ2n) is 3.41. The number of H-pyrrole nitrogens is 1. The maximum absolute atomic E-state index is 5.73. The van der Waals surface area contributed by atoms with Gasteiger partial charge >= 0.3 is 0 Å². The number of nitrogen functional groups attached to an aromatic ring is 1. The molecule has 0 aromatic carbocycles. The minimum atomic E-state index is 0.456. The second kappa shape index (κ2) is 5.20. The molecule has 2 aromatic rings. The van der Waals surface area contributed by atoms with Crippen LogP contribution in [0, 0.1) is 0 Å². The number of hydrogen-bond donors (Lipinski definition) is 3. The molecular formula is C11H15N5O. The number of imidazole rings is 1. The summed E-state index contributed by atoms with van der Waals surface area (Å²) >= 11 is 0. The lowest BCUT2D eigenvalue weighted by Gasteiger charge is -2.08. The van der Waals surface area contributed by atoms with E-state index in [2.05, 4.69) is 20.3 Å².